The van der Waals surface area contributed by atoms with E-state index >= 15 is 0 Å². The second kappa shape index (κ2) is 7.68. The van der Waals surface area contributed by atoms with Gasteiger partial charge in [-0.05, 0) is 24.1 Å². The fourth-order valence-electron chi connectivity index (χ4n) is 1.39. The molecular formula is C13H18O4. The summed E-state index contributed by atoms with van der Waals surface area (Å²) in [6, 6.07) is 7.66. The van der Waals surface area contributed by atoms with Gasteiger partial charge in [0.1, 0.15) is 12.4 Å². The van der Waals surface area contributed by atoms with Crippen LogP contribution >= 0.6 is 0 Å². The molecule has 0 spiro atoms. The van der Waals surface area contributed by atoms with Crippen LogP contribution in [0.2, 0.25) is 0 Å². The van der Waals surface area contributed by atoms with Crippen LogP contribution in [0.15, 0.2) is 24.3 Å². The van der Waals surface area contributed by atoms with E-state index in [0.29, 0.717) is 26.1 Å². The number of esters is 1. The molecule has 0 aromatic heterocycles. The van der Waals surface area contributed by atoms with Gasteiger partial charge in [0.05, 0.1) is 13.7 Å². The van der Waals surface area contributed by atoms with Crippen LogP contribution in [0.1, 0.15) is 12.0 Å². The third-order valence-corrected chi connectivity index (χ3v) is 2.30. The minimum absolute atomic E-state index is 0.204. The molecule has 4 nitrogen and oxygen atoms in total. The molecule has 1 aromatic carbocycles. The van der Waals surface area contributed by atoms with E-state index in [0.717, 1.165) is 11.3 Å². The summed E-state index contributed by atoms with van der Waals surface area (Å²) in [5.74, 6) is 0.597. The van der Waals surface area contributed by atoms with Crippen LogP contribution in [-0.4, -0.2) is 33.4 Å². The SMILES string of the molecule is COCCOC(=O)CCc1cccc(OC)c1. The van der Waals surface area contributed by atoms with Crippen LogP contribution < -0.4 is 4.74 Å². The third kappa shape index (κ3) is 5.36. The Kier molecular flexibility index (Phi) is 6.10. The largest absolute Gasteiger partial charge is 0.497 e. The fourth-order valence-corrected chi connectivity index (χ4v) is 1.39. The highest BCUT2D eigenvalue weighted by atomic mass is 16.6. The Hall–Kier alpha value is -1.55. The number of rotatable bonds is 7. The zero-order valence-corrected chi connectivity index (χ0v) is 10.3. The molecule has 0 radical (unpaired) electrons. The molecule has 0 aliphatic heterocycles. The van der Waals surface area contributed by atoms with Gasteiger partial charge < -0.3 is 14.2 Å². The molecular weight excluding hydrogens is 220 g/mol. The van der Waals surface area contributed by atoms with Gasteiger partial charge in [-0.3, -0.25) is 4.79 Å². The predicted molar refractivity (Wildman–Crippen MR) is 64.2 cm³/mol. The first-order valence-corrected chi connectivity index (χ1v) is 5.53. The van der Waals surface area contributed by atoms with Crippen LogP contribution in [0, 0.1) is 0 Å². The van der Waals surface area contributed by atoms with Gasteiger partial charge in [0, 0.05) is 13.5 Å². The minimum atomic E-state index is -0.204. The second-order valence-corrected chi connectivity index (χ2v) is 3.56. The molecule has 0 aliphatic rings. The highest BCUT2D eigenvalue weighted by molar-refractivity contribution is 5.69. The van der Waals surface area contributed by atoms with Gasteiger partial charge in [-0.1, -0.05) is 12.1 Å². The van der Waals surface area contributed by atoms with Crippen molar-refractivity contribution in [3.8, 4) is 5.75 Å². The Balaban J connectivity index is 2.31. The summed E-state index contributed by atoms with van der Waals surface area (Å²) in [5.41, 5.74) is 1.06. The molecule has 0 fully saturated rings. The Morgan fingerprint density at radius 3 is 2.76 bits per heavy atom. The van der Waals surface area contributed by atoms with E-state index in [4.69, 9.17) is 14.2 Å². The van der Waals surface area contributed by atoms with E-state index in [2.05, 4.69) is 0 Å². The van der Waals surface area contributed by atoms with E-state index in [1.165, 1.54) is 0 Å². The second-order valence-electron chi connectivity index (χ2n) is 3.56. The molecule has 4 heteroatoms. The van der Waals surface area contributed by atoms with Crippen molar-refractivity contribution in [2.75, 3.05) is 27.4 Å². The number of aryl methyl sites for hydroxylation is 1. The van der Waals surface area contributed by atoms with Crippen molar-refractivity contribution >= 4 is 5.97 Å². The summed E-state index contributed by atoms with van der Waals surface area (Å²) in [6.07, 6.45) is 1.03. The van der Waals surface area contributed by atoms with Crippen LogP contribution in [0.4, 0.5) is 0 Å². The molecule has 0 amide bonds. The Morgan fingerprint density at radius 1 is 1.24 bits per heavy atom. The highest BCUT2D eigenvalue weighted by Crippen LogP contribution is 2.13. The lowest BCUT2D eigenvalue weighted by atomic mass is 10.1. The first-order chi connectivity index (χ1) is 8.26. The maximum atomic E-state index is 11.3. The third-order valence-electron chi connectivity index (χ3n) is 2.30. The summed E-state index contributed by atoms with van der Waals surface area (Å²) in [4.78, 5) is 11.3. The van der Waals surface area contributed by atoms with Gasteiger partial charge in [0.2, 0.25) is 0 Å². The zero-order valence-electron chi connectivity index (χ0n) is 10.3. The van der Waals surface area contributed by atoms with E-state index in [9.17, 15) is 4.79 Å². The van der Waals surface area contributed by atoms with Crippen LogP contribution in [0.25, 0.3) is 0 Å². The molecule has 1 rings (SSSR count). The lowest BCUT2D eigenvalue weighted by molar-refractivity contribution is -0.144. The topological polar surface area (TPSA) is 44.8 Å². The summed E-state index contributed by atoms with van der Waals surface area (Å²) in [6.45, 7) is 0.748. The van der Waals surface area contributed by atoms with Gasteiger partial charge in [-0.2, -0.15) is 0 Å². The van der Waals surface area contributed by atoms with Crippen molar-refractivity contribution in [3.05, 3.63) is 29.8 Å². The van der Waals surface area contributed by atoms with Gasteiger partial charge >= 0.3 is 5.97 Å². The summed E-state index contributed by atoms with van der Waals surface area (Å²) in [5, 5.41) is 0. The van der Waals surface area contributed by atoms with E-state index in [-0.39, 0.29) is 5.97 Å². The average Bonchev–Trinajstić information content (AvgIpc) is 2.37. The zero-order chi connectivity index (χ0) is 12.5. The Labute approximate surface area is 101 Å². The molecule has 0 aliphatic carbocycles. The number of ether oxygens (including phenoxy) is 3. The number of carbonyl (C=O) groups excluding carboxylic acids is 1. The maximum absolute atomic E-state index is 11.3. The normalized spacial score (nSPS) is 10.0. The molecule has 0 N–H and O–H groups in total. The van der Waals surface area contributed by atoms with Gasteiger partial charge in [0.15, 0.2) is 0 Å². The molecule has 0 unspecified atom stereocenters. The standard InChI is InChI=1S/C13H18O4/c1-15-8-9-17-13(14)7-6-11-4-3-5-12(10-11)16-2/h3-5,10H,6-9H2,1-2H3. The fraction of sp³-hybridized carbons (Fsp3) is 0.462. The van der Waals surface area contributed by atoms with E-state index < -0.39 is 0 Å². The van der Waals surface area contributed by atoms with Crippen molar-refractivity contribution in [3.63, 3.8) is 0 Å². The van der Waals surface area contributed by atoms with Crippen LogP contribution in [0.5, 0.6) is 5.75 Å². The summed E-state index contributed by atoms with van der Waals surface area (Å²) >= 11 is 0. The molecule has 0 heterocycles. The number of hydrogen-bond donors (Lipinski definition) is 0. The number of methoxy groups -OCH3 is 2. The number of hydrogen-bond acceptors (Lipinski definition) is 4. The smallest absolute Gasteiger partial charge is 0.306 e. The first kappa shape index (κ1) is 13.5. The Bertz CT molecular complexity index is 349. The first-order valence-electron chi connectivity index (χ1n) is 5.53. The highest BCUT2D eigenvalue weighted by Gasteiger charge is 2.04. The van der Waals surface area contributed by atoms with Gasteiger partial charge in [-0.15, -0.1) is 0 Å². The monoisotopic (exact) mass is 238 g/mol. The van der Waals surface area contributed by atoms with Crippen molar-refractivity contribution in [2.24, 2.45) is 0 Å². The molecule has 0 saturated heterocycles. The molecule has 0 bridgehead atoms. The molecule has 0 saturated carbocycles. The minimum Gasteiger partial charge on any atom is -0.497 e. The quantitative estimate of drug-likeness (QED) is 0.537. The molecule has 17 heavy (non-hydrogen) atoms. The average molecular weight is 238 g/mol. The number of carbonyl (C=O) groups is 1. The van der Waals surface area contributed by atoms with Crippen molar-refractivity contribution in [1.29, 1.82) is 0 Å². The van der Waals surface area contributed by atoms with E-state index in [1.807, 2.05) is 24.3 Å². The molecule has 1 aromatic rings. The van der Waals surface area contributed by atoms with Crippen LogP contribution in [0.3, 0.4) is 0 Å². The maximum Gasteiger partial charge on any atom is 0.306 e. The van der Waals surface area contributed by atoms with Crippen molar-refractivity contribution in [2.45, 2.75) is 12.8 Å². The van der Waals surface area contributed by atoms with E-state index in [1.54, 1.807) is 14.2 Å². The lowest BCUT2D eigenvalue weighted by Crippen LogP contribution is -2.10. The molecule has 0 atom stereocenters. The summed E-state index contributed by atoms with van der Waals surface area (Å²) in [7, 11) is 3.20. The van der Waals surface area contributed by atoms with Crippen molar-refractivity contribution in [1.82, 2.24) is 0 Å². The predicted octanol–water partition coefficient (Wildman–Crippen LogP) is 1.82. The number of benzene rings is 1. The van der Waals surface area contributed by atoms with Crippen LogP contribution in [-0.2, 0) is 20.7 Å². The molecule has 94 valence electrons. The lowest BCUT2D eigenvalue weighted by Gasteiger charge is -2.05. The van der Waals surface area contributed by atoms with Gasteiger partial charge in [0.25, 0.3) is 0 Å². The summed E-state index contributed by atoms with van der Waals surface area (Å²) < 4.78 is 14.9. The van der Waals surface area contributed by atoms with Crippen molar-refractivity contribution < 1.29 is 19.0 Å². The van der Waals surface area contributed by atoms with Gasteiger partial charge in [-0.25, -0.2) is 0 Å². The Morgan fingerprint density at radius 2 is 2.06 bits per heavy atom.